The minimum absolute atomic E-state index is 0.242. The van der Waals surface area contributed by atoms with E-state index in [1.165, 1.54) is 0 Å². The van der Waals surface area contributed by atoms with Crippen LogP contribution in [0.4, 0.5) is 0 Å². The van der Waals surface area contributed by atoms with Gasteiger partial charge < -0.3 is 5.11 Å². The van der Waals surface area contributed by atoms with Crippen LogP contribution in [-0.2, 0) is 0 Å². The average molecular weight is 138 g/mol. The molecule has 0 aromatic carbocycles. The van der Waals surface area contributed by atoms with Crippen LogP contribution in [0, 0.1) is 0 Å². The van der Waals surface area contributed by atoms with Crippen LogP contribution in [0.3, 0.4) is 0 Å². The van der Waals surface area contributed by atoms with E-state index >= 15 is 0 Å². The van der Waals surface area contributed by atoms with Crippen molar-refractivity contribution >= 4 is 0 Å². The second kappa shape index (κ2) is 6.30. The van der Waals surface area contributed by atoms with Gasteiger partial charge in [-0.15, -0.1) is 0 Å². The van der Waals surface area contributed by atoms with Gasteiger partial charge >= 0.3 is 0 Å². The summed E-state index contributed by atoms with van der Waals surface area (Å²) in [5.74, 6) is 0. The van der Waals surface area contributed by atoms with Gasteiger partial charge in [0.1, 0.15) is 0 Å². The van der Waals surface area contributed by atoms with E-state index in [1.54, 1.807) is 13.0 Å². The summed E-state index contributed by atoms with van der Waals surface area (Å²) in [7, 11) is 0. The zero-order valence-corrected chi connectivity index (χ0v) is 6.33. The van der Waals surface area contributed by atoms with Gasteiger partial charge in [-0.1, -0.05) is 37.0 Å². The summed E-state index contributed by atoms with van der Waals surface area (Å²) in [6, 6.07) is 0. The number of rotatable bonds is 4. The molecule has 1 unspecified atom stereocenters. The second-order valence-electron chi connectivity index (χ2n) is 2.13. The molecule has 0 saturated heterocycles. The van der Waals surface area contributed by atoms with Crippen LogP contribution in [0.2, 0.25) is 0 Å². The minimum atomic E-state index is -0.242. The Bertz CT molecular complexity index is 132. The normalized spacial score (nSPS) is 14.6. The highest BCUT2D eigenvalue weighted by Crippen LogP contribution is 1.90. The van der Waals surface area contributed by atoms with E-state index in [2.05, 4.69) is 6.58 Å². The van der Waals surface area contributed by atoms with Crippen LogP contribution in [0.5, 0.6) is 0 Å². The number of hydrogen-bond donors (Lipinski definition) is 1. The summed E-state index contributed by atoms with van der Waals surface area (Å²) in [4.78, 5) is 0. The number of hydrogen-bond acceptors (Lipinski definition) is 1. The maximum atomic E-state index is 8.81. The summed E-state index contributed by atoms with van der Waals surface area (Å²) in [6.45, 7) is 5.29. The van der Waals surface area contributed by atoms with Crippen LogP contribution in [-0.4, -0.2) is 11.2 Å². The van der Waals surface area contributed by atoms with Crippen molar-refractivity contribution in [2.75, 3.05) is 0 Å². The molecule has 0 aromatic rings. The molecule has 0 rings (SSSR count). The van der Waals surface area contributed by atoms with Crippen LogP contribution in [0.1, 0.15) is 13.3 Å². The lowest BCUT2D eigenvalue weighted by atomic mass is 10.2. The van der Waals surface area contributed by atoms with Gasteiger partial charge in [-0.25, -0.2) is 0 Å². The Kier molecular flexibility index (Phi) is 5.79. The third-order valence-corrected chi connectivity index (χ3v) is 0.972. The van der Waals surface area contributed by atoms with Crippen molar-refractivity contribution in [1.82, 2.24) is 0 Å². The molecule has 0 aromatic heterocycles. The van der Waals surface area contributed by atoms with E-state index in [0.717, 1.165) is 0 Å². The highest BCUT2D eigenvalue weighted by atomic mass is 16.3. The Morgan fingerprint density at radius 3 is 2.60 bits per heavy atom. The fourth-order valence-corrected chi connectivity index (χ4v) is 0.497. The predicted molar refractivity (Wildman–Crippen MR) is 44.8 cm³/mol. The maximum absolute atomic E-state index is 8.81. The van der Waals surface area contributed by atoms with Crippen LogP contribution >= 0.6 is 0 Å². The molecule has 0 aliphatic carbocycles. The zero-order chi connectivity index (χ0) is 7.82. The topological polar surface area (TPSA) is 20.2 Å². The Hall–Kier alpha value is -0.820. The number of aliphatic hydroxyl groups is 1. The highest BCUT2D eigenvalue weighted by Gasteiger charge is 1.86. The lowest BCUT2D eigenvalue weighted by Crippen LogP contribution is -1.94. The van der Waals surface area contributed by atoms with Gasteiger partial charge in [0.25, 0.3) is 0 Å². The minimum Gasteiger partial charge on any atom is -0.393 e. The quantitative estimate of drug-likeness (QED) is 0.589. The fraction of sp³-hybridized carbons (Fsp3) is 0.333. The SMILES string of the molecule is C=C/C=C\C=C/CC(C)O. The molecule has 0 aliphatic rings. The predicted octanol–water partition coefficient (Wildman–Crippen LogP) is 2.06. The summed E-state index contributed by atoms with van der Waals surface area (Å²) in [5, 5.41) is 8.81. The van der Waals surface area contributed by atoms with Crippen molar-refractivity contribution in [3.8, 4) is 0 Å². The van der Waals surface area contributed by atoms with Gasteiger partial charge in [-0.3, -0.25) is 0 Å². The van der Waals surface area contributed by atoms with E-state index in [-0.39, 0.29) is 6.10 Å². The Morgan fingerprint density at radius 2 is 2.10 bits per heavy atom. The van der Waals surface area contributed by atoms with Gasteiger partial charge in [0.15, 0.2) is 0 Å². The standard InChI is InChI=1S/C9H14O/c1-3-4-5-6-7-8-9(2)10/h3-7,9-10H,1,8H2,2H3/b5-4-,7-6-. The Balaban J connectivity index is 3.37. The lowest BCUT2D eigenvalue weighted by molar-refractivity contribution is 0.198. The average Bonchev–Trinajstić information content (AvgIpc) is 1.87. The molecule has 0 saturated carbocycles. The van der Waals surface area contributed by atoms with Gasteiger partial charge in [-0.05, 0) is 13.3 Å². The first-order valence-electron chi connectivity index (χ1n) is 3.39. The van der Waals surface area contributed by atoms with Crippen LogP contribution in [0.25, 0.3) is 0 Å². The van der Waals surface area contributed by atoms with Gasteiger partial charge in [0, 0.05) is 0 Å². The van der Waals surface area contributed by atoms with E-state index in [4.69, 9.17) is 5.11 Å². The Morgan fingerprint density at radius 1 is 1.40 bits per heavy atom. The van der Waals surface area contributed by atoms with Gasteiger partial charge in [0.05, 0.1) is 6.10 Å². The highest BCUT2D eigenvalue weighted by molar-refractivity contribution is 5.08. The molecule has 1 nitrogen and oxygen atoms in total. The Labute approximate surface area is 62.4 Å². The van der Waals surface area contributed by atoms with Crippen molar-refractivity contribution in [2.45, 2.75) is 19.4 Å². The van der Waals surface area contributed by atoms with Crippen molar-refractivity contribution in [2.24, 2.45) is 0 Å². The molecule has 0 heterocycles. The molecule has 1 N–H and O–H groups in total. The largest absolute Gasteiger partial charge is 0.393 e. The number of aliphatic hydroxyl groups excluding tert-OH is 1. The van der Waals surface area contributed by atoms with Crippen molar-refractivity contribution in [3.05, 3.63) is 37.0 Å². The monoisotopic (exact) mass is 138 g/mol. The smallest absolute Gasteiger partial charge is 0.0546 e. The van der Waals surface area contributed by atoms with E-state index in [0.29, 0.717) is 6.42 Å². The van der Waals surface area contributed by atoms with E-state index < -0.39 is 0 Å². The molecule has 0 spiro atoms. The second-order valence-corrected chi connectivity index (χ2v) is 2.13. The molecule has 1 heteroatoms. The van der Waals surface area contributed by atoms with Crippen LogP contribution < -0.4 is 0 Å². The summed E-state index contributed by atoms with van der Waals surface area (Å²) < 4.78 is 0. The van der Waals surface area contributed by atoms with Gasteiger partial charge in [0.2, 0.25) is 0 Å². The molecule has 56 valence electrons. The molecular formula is C9H14O. The molecule has 0 fully saturated rings. The summed E-state index contributed by atoms with van der Waals surface area (Å²) >= 11 is 0. The van der Waals surface area contributed by atoms with Crippen molar-refractivity contribution < 1.29 is 5.11 Å². The van der Waals surface area contributed by atoms with Gasteiger partial charge in [-0.2, -0.15) is 0 Å². The molecule has 0 radical (unpaired) electrons. The lowest BCUT2D eigenvalue weighted by Gasteiger charge is -1.93. The summed E-state index contributed by atoms with van der Waals surface area (Å²) in [6.07, 6.45) is 9.73. The van der Waals surface area contributed by atoms with Crippen molar-refractivity contribution in [3.63, 3.8) is 0 Å². The van der Waals surface area contributed by atoms with E-state index in [9.17, 15) is 0 Å². The maximum Gasteiger partial charge on any atom is 0.0546 e. The first-order chi connectivity index (χ1) is 4.77. The molecule has 1 atom stereocenters. The molecule has 0 bridgehead atoms. The van der Waals surface area contributed by atoms with Crippen LogP contribution in [0.15, 0.2) is 37.0 Å². The first-order valence-corrected chi connectivity index (χ1v) is 3.39. The third kappa shape index (κ3) is 7.18. The zero-order valence-electron chi connectivity index (χ0n) is 6.33. The molecule has 0 aliphatic heterocycles. The summed E-state index contributed by atoms with van der Waals surface area (Å²) in [5.41, 5.74) is 0. The molecule has 0 amide bonds. The first kappa shape index (κ1) is 9.18. The third-order valence-electron chi connectivity index (χ3n) is 0.972. The number of allylic oxidation sites excluding steroid dienone is 4. The molecular weight excluding hydrogens is 124 g/mol. The fourth-order valence-electron chi connectivity index (χ4n) is 0.497. The van der Waals surface area contributed by atoms with E-state index in [1.807, 2.05) is 24.3 Å². The molecule has 10 heavy (non-hydrogen) atoms. The van der Waals surface area contributed by atoms with Crippen molar-refractivity contribution in [1.29, 1.82) is 0 Å².